The minimum Gasteiger partial charge on any atom is -0.467 e. The Morgan fingerprint density at radius 1 is 1.24 bits per heavy atom. The topological polar surface area (TPSA) is 25.4 Å². The molecule has 3 nitrogen and oxygen atoms in total. The Morgan fingerprint density at radius 2 is 2.05 bits per heavy atom. The highest BCUT2D eigenvalue weighted by Crippen LogP contribution is 2.22. The quantitative estimate of drug-likeness (QED) is 0.865. The fraction of sp³-hybridized carbons (Fsp3) is 0.400. The number of rotatable bonds is 4. The summed E-state index contributed by atoms with van der Waals surface area (Å²) in [5, 5.41) is 2.61. The molecule has 1 aliphatic rings. The van der Waals surface area contributed by atoms with Gasteiger partial charge in [-0.3, -0.25) is 4.90 Å². The van der Waals surface area contributed by atoms with E-state index >= 15 is 0 Å². The fourth-order valence-corrected chi connectivity index (χ4v) is 3.04. The molecule has 1 aromatic heterocycles. The number of piperidine rings is 1. The van der Waals surface area contributed by atoms with Gasteiger partial charge >= 0.3 is 0 Å². The van der Waals surface area contributed by atoms with Crippen molar-refractivity contribution in [2.75, 3.05) is 13.1 Å². The van der Waals surface area contributed by atoms with E-state index < -0.39 is 11.6 Å². The molecule has 0 amide bonds. The number of halogens is 2. The SMILES string of the molecule is Fc1ccc(CN2CCC(Oc3nccs3)CC2)cc1F. The molecule has 1 fully saturated rings. The second kappa shape index (κ2) is 6.49. The standard InChI is InChI=1S/C15H16F2N2OS/c16-13-2-1-11(9-14(13)17)10-19-6-3-12(4-7-19)20-15-18-5-8-21-15/h1-2,5,8-9,12H,3-4,6-7,10H2. The van der Waals surface area contributed by atoms with Crippen molar-refractivity contribution < 1.29 is 13.5 Å². The molecule has 0 radical (unpaired) electrons. The van der Waals surface area contributed by atoms with Crippen LogP contribution in [0.25, 0.3) is 0 Å². The van der Waals surface area contributed by atoms with E-state index in [0.717, 1.165) is 31.5 Å². The number of aromatic nitrogens is 1. The predicted octanol–water partition coefficient (Wildman–Crippen LogP) is 3.46. The first-order valence-electron chi connectivity index (χ1n) is 6.93. The summed E-state index contributed by atoms with van der Waals surface area (Å²) in [5.74, 6) is -1.58. The zero-order valence-corrected chi connectivity index (χ0v) is 12.3. The summed E-state index contributed by atoms with van der Waals surface area (Å²) in [5.41, 5.74) is 0.799. The number of hydrogen-bond donors (Lipinski definition) is 0. The van der Waals surface area contributed by atoms with E-state index in [-0.39, 0.29) is 6.10 Å². The van der Waals surface area contributed by atoms with Gasteiger partial charge in [0.1, 0.15) is 6.10 Å². The van der Waals surface area contributed by atoms with Crippen molar-refractivity contribution >= 4 is 11.3 Å². The van der Waals surface area contributed by atoms with Crippen LogP contribution in [0.4, 0.5) is 8.78 Å². The Morgan fingerprint density at radius 3 is 2.71 bits per heavy atom. The molecule has 0 aliphatic carbocycles. The van der Waals surface area contributed by atoms with E-state index in [9.17, 15) is 8.78 Å². The largest absolute Gasteiger partial charge is 0.467 e. The third-order valence-electron chi connectivity index (χ3n) is 3.60. The molecule has 3 rings (SSSR count). The van der Waals surface area contributed by atoms with Crippen LogP contribution in [-0.2, 0) is 6.54 Å². The van der Waals surface area contributed by atoms with E-state index in [2.05, 4.69) is 9.88 Å². The third-order valence-corrected chi connectivity index (χ3v) is 4.26. The van der Waals surface area contributed by atoms with Crippen LogP contribution in [0.2, 0.25) is 0 Å². The first-order valence-corrected chi connectivity index (χ1v) is 7.81. The van der Waals surface area contributed by atoms with Gasteiger partial charge in [-0.15, -0.1) is 0 Å². The van der Waals surface area contributed by atoms with Gasteiger partial charge in [-0.05, 0) is 30.5 Å². The lowest BCUT2D eigenvalue weighted by molar-refractivity contribution is 0.0965. The average molecular weight is 310 g/mol. The van der Waals surface area contributed by atoms with E-state index in [1.807, 2.05) is 5.38 Å². The Hall–Kier alpha value is -1.53. The Bertz CT molecular complexity index is 583. The maximum Gasteiger partial charge on any atom is 0.273 e. The molecule has 0 unspecified atom stereocenters. The highest BCUT2D eigenvalue weighted by Gasteiger charge is 2.21. The molecule has 1 saturated heterocycles. The molecular weight excluding hydrogens is 294 g/mol. The van der Waals surface area contributed by atoms with Gasteiger partial charge in [-0.25, -0.2) is 13.8 Å². The summed E-state index contributed by atoms with van der Waals surface area (Å²) in [6, 6.07) is 4.09. The fourth-order valence-electron chi connectivity index (χ4n) is 2.49. The number of nitrogens with zero attached hydrogens (tertiary/aromatic N) is 2. The molecule has 21 heavy (non-hydrogen) atoms. The molecule has 0 bridgehead atoms. The van der Waals surface area contributed by atoms with Gasteiger partial charge in [0.2, 0.25) is 0 Å². The predicted molar refractivity (Wildman–Crippen MR) is 77.4 cm³/mol. The molecule has 1 aromatic carbocycles. The molecule has 2 heterocycles. The van der Waals surface area contributed by atoms with Crippen LogP contribution < -0.4 is 4.74 Å². The number of benzene rings is 1. The van der Waals surface area contributed by atoms with Gasteiger partial charge < -0.3 is 4.74 Å². The van der Waals surface area contributed by atoms with E-state index in [4.69, 9.17) is 4.74 Å². The zero-order valence-electron chi connectivity index (χ0n) is 11.5. The van der Waals surface area contributed by atoms with Crippen LogP contribution >= 0.6 is 11.3 Å². The maximum absolute atomic E-state index is 13.2. The molecule has 1 aliphatic heterocycles. The summed E-state index contributed by atoms with van der Waals surface area (Å²) in [6.45, 7) is 2.41. The first kappa shape index (κ1) is 14.4. The van der Waals surface area contributed by atoms with Crippen molar-refractivity contribution in [2.45, 2.75) is 25.5 Å². The second-order valence-electron chi connectivity index (χ2n) is 5.14. The Kier molecular flexibility index (Phi) is 4.45. The molecular formula is C15H16F2N2OS. The number of thiazole rings is 1. The maximum atomic E-state index is 13.2. The number of ether oxygens (including phenoxy) is 1. The lowest BCUT2D eigenvalue weighted by atomic mass is 10.1. The monoisotopic (exact) mass is 310 g/mol. The lowest BCUT2D eigenvalue weighted by Gasteiger charge is -2.31. The average Bonchev–Trinajstić information content (AvgIpc) is 2.98. The van der Waals surface area contributed by atoms with E-state index in [1.165, 1.54) is 23.5 Å². The molecule has 0 atom stereocenters. The van der Waals surface area contributed by atoms with Gasteiger partial charge in [0.15, 0.2) is 11.6 Å². The van der Waals surface area contributed by atoms with Gasteiger partial charge in [-0.1, -0.05) is 17.4 Å². The summed E-state index contributed by atoms with van der Waals surface area (Å²) >= 11 is 1.50. The molecule has 112 valence electrons. The van der Waals surface area contributed by atoms with Gasteiger partial charge in [-0.2, -0.15) is 0 Å². The highest BCUT2D eigenvalue weighted by molar-refractivity contribution is 7.11. The van der Waals surface area contributed by atoms with Gasteiger partial charge in [0.25, 0.3) is 5.19 Å². The summed E-state index contributed by atoms with van der Waals surface area (Å²) in [7, 11) is 0. The molecule has 2 aromatic rings. The van der Waals surface area contributed by atoms with Crippen LogP contribution in [-0.4, -0.2) is 29.1 Å². The summed E-state index contributed by atoms with van der Waals surface area (Å²) < 4.78 is 31.9. The van der Waals surface area contributed by atoms with E-state index in [0.29, 0.717) is 11.7 Å². The van der Waals surface area contributed by atoms with Crippen LogP contribution in [0.3, 0.4) is 0 Å². The summed E-state index contributed by atoms with van der Waals surface area (Å²) in [6.07, 6.45) is 3.77. The molecule has 0 N–H and O–H groups in total. The van der Waals surface area contributed by atoms with Gasteiger partial charge in [0, 0.05) is 31.2 Å². The zero-order chi connectivity index (χ0) is 14.7. The second-order valence-corrected chi connectivity index (χ2v) is 6.00. The normalized spacial score (nSPS) is 17.0. The summed E-state index contributed by atoms with van der Waals surface area (Å²) in [4.78, 5) is 6.35. The van der Waals surface area contributed by atoms with Crippen LogP contribution in [0.5, 0.6) is 5.19 Å². The number of hydrogen-bond acceptors (Lipinski definition) is 4. The molecule has 0 saturated carbocycles. The Balaban J connectivity index is 1.50. The molecule has 6 heteroatoms. The smallest absolute Gasteiger partial charge is 0.273 e. The lowest BCUT2D eigenvalue weighted by Crippen LogP contribution is -2.37. The third kappa shape index (κ3) is 3.77. The first-order chi connectivity index (χ1) is 10.2. The van der Waals surface area contributed by atoms with Crippen molar-refractivity contribution in [2.24, 2.45) is 0 Å². The van der Waals surface area contributed by atoms with Crippen LogP contribution in [0.15, 0.2) is 29.8 Å². The van der Waals surface area contributed by atoms with Crippen molar-refractivity contribution in [1.82, 2.24) is 9.88 Å². The number of likely N-dealkylation sites (tertiary alicyclic amines) is 1. The Labute approximate surface area is 126 Å². The van der Waals surface area contributed by atoms with Crippen LogP contribution in [0, 0.1) is 11.6 Å². The molecule has 0 spiro atoms. The minimum absolute atomic E-state index is 0.192. The van der Waals surface area contributed by atoms with Crippen molar-refractivity contribution in [3.8, 4) is 5.19 Å². The van der Waals surface area contributed by atoms with Crippen molar-refractivity contribution in [3.63, 3.8) is 0 Å². The van der Waals surface area contributed by atoms with Crippen molar-refractivity contribution in [1.29, 1.82) is 0 Å². The minimum atomic E-state index is -0.797. The van der Waals surface area contributed by atoms with Crippen LogP contribution in [0.1, 0.15) is 18.4 Å². The highest BCUT2D eigenvalue weighted by atomic mass is 32.1. The van der Waals surface area contributed by atoms with Gasteiger partial charge in [0.05, 0.1) is 0 Å². The van der Waals surface area contributed by atoms with Crippen molar-refractivity contribution in [3.05, 3.63) is 47.0 Å². The van der Waals surface area contributed by atoms with E-state index in [1.54, 1.807) is 12.3 Å².